The number of ether oxygens (including phenoxy) is 1. The van der Waals surface area contributed by atoms with Gasteiger partial charge in [0, 0.05) is 0 Å². The Balaban J connectivity index is 0. The monoisotopic (exact) mass is 246 g/mol. The summed E-state index contributed by atoms with van der Waals surface area (Å²) in [4.78, 5) is 10.5. The predicted octanol–water partition coefficient (Wildman–Crippen LogP) is 2.24. The van der Waals surface area contributed by atoms with Crippen molar-refractivity contribution in [3.8, 4) is 0 Å². The normalized spacial score (nSPS) is 6.89. The maximum atomic E-state index is 10.5. The van der Waals surface area contributed by atoms with E-state index < -0.39 is 17.1 Å². The van der Waals surface area contributed by atoms with Crippen LogP contribution in [0.2, 0.25) is 5.02 Å². The molecule has 0 saturated carbocycles. The van der Waals surface area contributed by atoms with Crippen LogP contribution in [-0.4, -0.2) is 11.2 Å². The van der Waals surface area contributed by atoms with E-state index in [2.05, 4.69) is 0 Å². The SMILES string of the molecule is Br.CCO[C](=O)[Zn][CH2]C. The van der Waals surface area contributed by atoms with Gasteiger partial charge in [-0.2, -0.15) is 0 Å². The molecule has 0 aliphatic carbocycles. The Bertz CT molecular complexity index is 69.4. The van der Waals surface area contributed by atoms with E-state index in [0.29, 0.717) is 6.61 Å². The molecule has 0 rings (SSSR count). The van der Waals surface area contributed by atoms with E-state index >= 15 is 0 Å². The average molecular weight is 248 g/mol. The Kier molecular flexibility index (Phi) is 11.7. The Hall–Kier alpha value is 0.573. The van der Waals surface area contributed by atoms with Crippen molar-refractivity contribution in [3.63, 3.8) is 0 Å². The summed E-state index contributed by atoms with van der Waals surface area (Å²) in [5, 5.41) is 1.06. The molecule has 0 bridgehead atoms. The molecule has 0 radical (unpaired) electrons. The van der Waals surface area contributed by atoms with Crippen LogP contribution in [0.5, 0.6) is 0 Å². The average Bonchev–Trinajstić information content (AvgIpc) is 1.68. The van der Waals surface area contributed by atoms with Gasteiger partial charge < -0.3 is 0 Å². The third-order valence-electron chi connectivity index (χ3n) is 0.759. The molecule has 0 aromatic rings. The van der Waals surface area contributed by atoms with Gasteiger partial charge in [0.15, 0.2) is 0 Å². The van der Waals surface area contributed by atoms with E-state index in [4.69, 9.17) is 4.74 Å². The second-order valence-electron chi connectivity index (χ2n) is 1.56. The van der Waals surface area contributed by atoms with Gasteiger partial charge in [-0.25, -0.2) is 0 Å². The predicted molar refractivity (Wildman–Crippen MR) is 37.8 cm³/mol. The number of hydrogen-bond donors (Lipinski definition) is 0. The molecule has 0 aliphatic rings. The van der Waals surface area contributed by atoms with E-state index in [1.165, 1.54) is 0 Å². The van der Waals surface area contributed by atoms with Crippen LogP contribution in [0.3, 0.4) is 0 Å². The molecule has 0 N–H and O–H groups in total. The van der Waals surface area contributed by atoms with Crippen molar-refractivity contribution in [3.05, 3.63) is 0 Å². The zero-order chi connectivity index (χ0) is 6.41. The van der Waals surface area contributed by atoms with Gasteiger partial charge in [0.05, 0.1) is 0 Å². The maximum absolute atomic E-state index is 10.5. The first-order chi connectivity index (χ1) is 3.81. The number of carbonyl (C=O) groups is 1. The van der Waals surface area contributed by atoms with Crippen molar-refractivity contribution >= 4 is 21.5 Å². The first kappa shape index (κ1) is 12.3. The molecule has 0 heterocycles. The molecule has 4 heteroatoms. The first-order valence-corrected chi connectivity index (χ1v) is 6.55. The molecule has 2 nitrogen and oxygen atoms in total. The Morgan fingerprint density at radius 2 is 2.11 bits per heavy atom. The molecule has 0 spiro atoms. The molecule has 0 fully saturated rings. The van der Waals surface area contributed by atoms with Crippen LogP contribution in [0.4, 0.5) is 4.79 Å². The third kappa shape index (κ3) is 8.57. The van der Waals surface area contributed by atoms with E-state index in [1.807, 2.05) is 13.8 Å². The second kappa shape index (κ2) is 8.57. The minimum atomic E-state index is -0.902. The third-order valence-corrected chi connectivity index (χ3v) is 3.09. The second-order valence-corrected chi connectivity index (χ2v) is 5.91. The number of rotatable bonds is 3. The summed E-state index contributed by atoms with van der Waals surface area (Å²) >= 11 is -0.902. The standard InChI is InChI=1S/C3H5O2.C2H5.BrH.Zn/c1-2-5-3-4;1-2;;/h2H2,1H3;1H2,2H3;1H;. The molecule has 0 aromatic heterocycles. The van der Waals surface area contributed by atoms with Crippen molar-refractivity contribution in [2.75, 3.05) is 6.61 Å². The molecule has 0 amide bonds. The van der Waals surface area contributed by atoms with Crippen LogP contribution in [0, 0.1) is 0 Å². The summed E-state index contributed by atoms with van der Waals surface area (Å²) in [7, 11) is 0. The van der Waals surface area contributed by atoms with Crippen molar-refractivity contribution < 1.29 is 26.7 Å². The van der Waals surface area contributed by atoms with E-state index in [-0.39, 0.29) is 21.5 Å². The van der Waals surface area contributed by atoms with Crippen LogP contribution in [-0.2, 0) is 21.9 Å². The number of carbonyl (C=O) groups excluding carboxylic acids is 1. The summed E-state index contributed by atoms with van der Waals surface area (Å²) in [5.74, 6) is 0. The van der Waals surface area contributed by atoms with E-state index in [9.17, 15) is 4.79 Å². The summed E-state index contributed by atoms with van der Waals surface area (Å²) < 4.78 is 4.83. The Labute approximate surface area is 73.7 Å². The van der Waals surface area contributed by atoms with Gasteiger partial charge in [-0.1, -0.05) is 0 Å². The Morgan fingerprint density at radius 1 is 1.56 bits per heavy atom. The molecule has 0 atom stereocenters. The summed E-state index contributed by atoms with van der Waals surface area (Å²) in [6, 6.07) is 0. The molecular weight excluding hydrogens is 237 g/mol. The zero-order valence-corrected chi connectivity index (χ0v) is 10.5. The van der Waals surface area contributed by atoms with Gasteiger partial charge in [-0.15, -0.1) is 17.0 Å². The molecule has 0 unspecified atom stereocenters. The summed E-state index contributed by atoms with van der Waals surface area (Å²) in [6.45, 7) is 4.43. The van der Waals surface area contributed by atoms with Crippen molar-refractivity contribution in [2.24, 2.45) is 0 Å². The quantitative estimate of drug-likeness (QED) is 0.716. The van der Waals surface area contributed by atoms with Gasteiger partial charge in [0.1, 0.15) is 0 Å². The van der Waals surface area contributed by atoms with Gasteiger partial charge in [0.2, 0.25) is 0 Å². The fraction of sp³-hybridized carbons (Fsp3) is 0.800. The topological polar surface area (TPSA) is 26.3 Å². The molecular formula is C5H11BrO2Zn. The van der Waals surface area contributed by atoms with Crippen LogP contribution in [0.25, 0.3) is 0 Å². The van der Waals surface area contributed by atoms with Crippen LogP contribution in [0.1, 0.15) is 13.8 Å². The van der Waals surface area contributed by atoms with E-state index in [0.717, 1.165) is 5.02 Å². The molecule has 0 aromatic carbocycles. The van der Waals surface area contributed by atoms with Crippen LogP contribution in [0.15, 0.2) is 0 Å². The molecule has 0 saturated heterocycles. The van der Waals surface area contributed by atoms with Crippen LogP contribution < -0.4 is 0 Å². The fourth-order valence-electron chi connectivity index (χ4n) is 0.437. The number of halogens is 1. The molecule has 52 valence electrons. The molecule has 0 aliphatic heterocycles. The Morgan fingerprint density at radius 3 is 2.44 bits per heavy atom. The van der Waals surface area contributed by atoms with Crippen LogP contribution >= 0.6 is 17.0 Å². The van der Waals surface area contributed by atoms with Crippen molar-refractivity contribution in [1.82, 2.24) is 0 Å². The van der Waals surface area contributed by atoms with Crippen molar-refractivity contribution in [2.45, 2.75) is 18.9 Å². The first-order valence-electron chi connectivity index (χ1n) is 2.96. The summed E-state index contributed by atoms with van der Waals surface area (Å²) in [5.41, 5.74) is 0. The fourth-order valence-corrected chi connectivity index (χ4v) is 2.02. The molecule has 9 heavy (non-hydrogen) atoms. The van der Waals surface area contributed by atoms with Gasteiger partial charge in [-0.3, -0.25) is 0 Å². The zero-order valence-electron chi connectivity index (χ0n) is 5.85. The van der Waals surface area contributed by atoms with Gasteiger partial charge in [0.25, 0.3) is 0 Å². The van der Waals surface area contributed by atoms with Gasteiger partial charge >= 0.3 is 56.7 Å². The minimum absolute atomic E-state index is 0. The summed E-state index contributed by atoms with van der Waals surface area (Å²) in [6.07, 6.45) is 0. The van der Waals surface area contributed by atoms with Crippen molar-refractivity contribution in [1.29, 1.82) is 0 Å². The van der Waals surface area contributed by atoms with E-state index in [1.54, 1.807) is 0 Å². The van der Waals surface area contributed by atoms with Gasteiger partial charge in [-0.05, 0) is 0 Å². The number of hydrogen-bond acceptors (Lipinski definition) is 2.